The van der Waals surface area contributed by atoms with E-state index < -0.39 is 5.63 Å². The van der Waals surface area contributed by atoms with Gasteiger partial charge in [-0.2, -0.15) is 0 Å². The van der Waals surface area contributed by atoms with Gasteiger partial charge < -0.3 is 14.1 Å². The summed E-state index contributed by atoms with van der Waals surface area (Å²) >= 11 is 0. The van der Waals surface area contributed by atoms with Crippen LogP contribution < -0.4 is 10.4 Å². The Hall–Kier alpha value is -2.56. The fraction of sp³-hybridized carbons (Fsp3) is 0.429. The number of hydrogen-bond acceptors (Lipinski definition) is 4. The molecular weight excluding hydrogens is 330 g/mol. The van der Waals surface area contributed by atoms with Gasteiger partial charge in [-0.3, -0.25) is 4.79 Å². The van der Waals surface area contributed by atoms with Crippen LogP contribution in [0.15, 0.2) is 45.6 Å². The van der Waals surface area contributed by atoms with Crippen molar-refractivity contribution >= 4 is 5.91 Å². The van der Waals surface area contributed by atoms with Crippen LogP contribution in [0.2, 0.25) is 0 Å². The van der Waals surface area contributed by atoms with E-state index in [4.69, 9.17) is 9.15 Å². The zero-order chi connectivity index (χ0) is 18.5. The lowest BCUT2D eigenvalue weighted by Gasteiger charge is -2.32. The number of hydrogen-bond donors (Lipinski definition) is 0. The Kier molecular flexibility index (Phi) is 5.76. The minimum atomic E-state index is -0.399. The molecule has 2 aromatic rings. The maximum atomic E-state index is 12.4. The van der Waals surface area contributed by atoms with Crippen LogP contribution >= 0.6 is 0 Å². The molecule has 5 heteroatoms. The molecule has 0 unspecified atom stereocenters. The minimum Gasteiger partial charge on any atom is -0.490 e. The Bertz CT molecular complexity index is 819. The van der Waals surface area contributed by atoms with Gasteiger partial charge in [0.1, 0.15) is 17.6 Å². The van der Waals surface area contributed by atoms with E-state index in [9.17, 15) is 9.59 Å². The van der Waals surface area contributed by atoms with Crippen LogP contribution in [0.1, 0.15) is 36.1 Å². The molecule has 0 saturated carbocycles. The number of piperidine rings is 1. The van der Waals surface area contributed by atoms with E-state index in [-0.39, 0.29) is 12.0 Å². The molecule has 0 aliphatic carbocycles. The van der Waals surface area contributed by atoms with Gasteiger partial charge in [-0.1, -0.05) is 29.8 Å². The number of ether oxygens (including phenoxy) is 1. The third kappa shape index (κ3) is 4.97. The van der Waals surface area contributed by atoms with Crippen LogP contribution in [-0.2, 0) is 11.2 Å². The summed E-state index contributed by atoms with van der Waals surface area (Å²) in [4.78, 5) is 25.8. The number of amides is 1. The molecule has 1 aliphatic heterocycles. The smallest absolute Gasteiger partial charge is 0.339 e. The summed E-state index contributed by atoms with van der Waals surface area (Å²) in [5.74, 6) is 1.28. The normalized spacial score (nSPS) is 15.1. The van der Waals surface area contributed by atoms with E-state index >= 15 is 0 Å². The summed E-state index contributed by atoms with van der Waals surface area (Å²) in [6, 6.07) is 11.4. The Morgan fingerprint density at radius 3 is 2.65 bits per heavy atom. The maximum absolute atomic E-state index is 12.4. The monoisotopic (exact) mass is 355 g/mol. The highest BCUT2D eigenvalue weighted by Gasteiger charge is 2.24. The number of benzene rings is 1. The highest BCUT2D eigenvalue weighted by Crippen LogP contribution is 2.19. The zero-order valence-electron chi connectivity index (χ0n) is 15.4. The van der Waals surface area contributed by atoms with E-state index in [1.54, 1.807) is 13.0 Å². The number of nitrogens with zero attached hydrogens (tertiary/aromatic N) is 1. The minimum absolute atomic E-state index is 0.0250. The second-order valence-electron chi connectivity index (χ2n) is 6.91. The van der Waals surface area contributed by atoms with E-state index in [0.29, 0.717) is 31.0 Å². The fourth-order valence-electron chi connectivity index (χ4n) is 3.34. The van der Waals surface area contributed by atoms with Crippen LogP contribution in [0.5, 0.6) is 5.75 Å². The Balaban J connectivity index is 1.47. The first-order valence-electron chi connectivity index (χ1n) is 9.11. The van der Waals surface area contributed by atoms with Gasteiger partial charge in [0.2, 0.25) is 5.91 Å². The van der Waals surface area contributed by atoms with Gasteiger partial charge in [0.05, 0.1) is 6.07 Å². The Morgan fingerprint density at radius 1 is 1.19 bits per heavy atom. The maximum Gasteiger partial charge on any atom is 0.339 e. The molecule has 5 nitrogen and oxygen atoms in total. The first-order valence-corrected chi connectivity index (χ1v) is 9.11. The van der Waals surface area contributed by atoms with Crippen LogP contribution in [0.3, 0.4) is 0 Å². The number of carbonyl (C=O) groups excluding carboxylic acids is 1. The largest absolute Gasteiger partial charge is 0.490 e. The topological polar surface area (TPSA) is 59.8 Å². The first kappa shape index (κ1) is 18.2. The number of aryl methyl sites for hydroxylation is 3. The van der Waals surface area contributed by atoms with Crippen molar-refractivity contribution in [3.05, 3.63) is 63.7 Å². The van der Waals surface area contributed by atoms with Gasteiger partial charge in [-0.05, 0) is 25.8 Å². The summed E-state index contributed by atoms with van der Waals surface area (Å²) in [5.41, 5.74) is 2.02. The average molecular weight is 355 g/mol. The molecule has 1 aromatic heterocycles. The molecule has 1 fully saturated rings. The third-order valence-corrected chi connectivity index (χ3v) is 4.67. The number of likely N-dealkylation sites (tertiary alicyclic amines) is 1. The van der Waals surface area contributed by atoms with Crippen molar-refractivity contribution in [1.82, 2.24) is 4.90 Å². The number of carbonyl (C=O) groups is 1. The van der Waals surface area contributed by atoms with Crippen LogP contribution in [0.25, 0.3) is 0 Å². The van der Waals surface area contributed by atoms with Crippen molar-refractivity contribution in [3.63, 3.8) is 0 Å². The molecule has 0 bridgehead atoms. The van der Waals surface area contributed by atoms with Gasteiger partial charge in [-0.15, -0.1) is 0 Å². The van der Waals surface area contributed by atoms with Crippen molar-refractivity contribution in [2.24, 2.45) is 0 Å². The molecule has 0 spiro atoms. The van der Waals surface area contributed by atoms with Crippen LogP contribution in [-0.4, -0.2) is 30.0 Å². The third-order valence-electron chi connectivity index (χ3n) is 4.67. The summed E-state index contributed by atoms with van der Waals surface area (Å²) in [7, 11) is 0. The lowest BCUT2D eigenvalue weighted by Crippen LogP contribution is -2.41. The van der Waals surface area contributed by atoms with E-state index in [0.717, 1.165) is 19.3 Å². The average Bonchev–Trinajstić information content (AvgIpc) is 2.59. The molecule has 0 radical (unpaired) electrons. The van der Waals surface area contributed by atoms with Crippen LogP contribution in [0, 0.1) is 13.8 Å². The lowest BCUT2D eigenvalue weighted by molar-refractivity contribution is -0.132. The highest BCUT2D eigenvalue weighted by atomic mass is 16.5. The highest BCUT2D eigenvalue weighted by molar-refractivity contribution is 5.76. The van der Waals surface area contributed by atoms with Gasteiger partial charge >= 0.3 is 5.63 Å². The fourth-order valence-corrected chi connectivity index (χ4v) is 3.34. The molecule has 1 amide bonds. The van der Waals surface area contributed by atoms with Crippen molar-refractivity contribution in [2.45, 2.75) is 45.6 Å². The van der Waals surface area contributed by atoms with Crippen molar-refractivity contribution in [2.75, 3.05) is 13.1 Å². The molecule has 138 valence electrons. The molecule has 26 heavy (non-hydrogen) atoms. The Labute approximate surface area is 153 Å². The van der Waals surface area contributed by atoms with Gasteiger partial charge in [0.25, 0.3) is 0 Å². The molecule has 1 aliphatic rings. The molecule has 3 rings (SSSR count). The molecule has 0 N–H and O–H groups in total. The van der Waals surface area contributed by atoms with E-state index in [2.05, 4.69) is 25.1 Å². The molecule has 0 atom stereocenters. The van der Waals surface area contributed by atoms with Crippen molar-refractivity contribution in [3.8, 4) is 5.75 Å². The molecule has 1 saturated heterocycles. The zero-order valence-corrected chi connectivity index (χ0v) is 15.4. The summed E-state index contributed by atoms with van der Waals surface area (Å²) in [6.45, 7) is 5.17. The predicted octanol–water partition coefficient (Wildman–Crippen LogP) is 3.26. The number of rotatable bonds is 5. The van der Waals surface area contributed by atoms with Gasteiger partial charge in [-0.25, -0.2) is 4.79 Å². The molecule has 1 aromatic carbocycles. The van der Waals surface area contributed by atoms with Crippen molar-refractivity contribution in [1.29, 1.82) is 0 Å². The predicted molar refractivity (Wildman–Crippen MR) is 99.4 cm³/mol. The molecular formula is C21H25NO4. The van der Waals surface area contributed by atoms with Gasteiger partial charge in [0, 0.05) is 38.4 Å². The molecule has 2 heterocycles. The van der Waals surface area contributed by atoms with E-state index in [1.165, 1.54) is 17.2 Å². The van der Waals surface area contributed by atoms with Gasteiger partial charge in [0.15, 0.2) is 0 Å². The lowest BCUT2D eigenvalue weighted by atomic mass is 10.0. The summed E-state index contributed by atoms with van der Waals surface area (Å²) in [5, 5.41) is 0. The standard InChI is InChI=1S/C21H25NO4/c1-15-4-3-5-17(12-15)6-7-20(23)22-10-8-18(9-11-22)26-19-13-16(2)25-21(24)14-19/h3-5,12-14,18H,6-11H2,1-2H3. The second kappa shape index (κ2) is 8.21. The summed E-state index contributed by atoms with van der Waals surface area (Å²) in [6.07, 6.45) is 2.88. The SMILES string of the molecule is Cc1cccc(CCC(=O)N2CCC(Oc3cc(C)oc(=O)c3)CC2)c1. The van der Waals surface area contributed by atoms with Crippen LogP contribution in [0.4, 0.5) is 0 Å². The Morgan fingerprint density at radius 2 is 1.96 bits per heavy atom. The van der Waals surface area contributed by atoms with Crippen molar-refractivity contribution < 1.29 is 13.9 Å². The first-order chi connectivity index (χ1) is 12.5. The quantitative estimate of drug-likeness (QED) is 0.826. The van der Waals surface area contributed by atoms with E-state index in [1.807, 2.05) is 11.0 Å². The second-order valence-corrected chi connectivity index (χ2v) is 6.91. The summed E-state index contributed by atoms with van der Waals surface area (Å²) < 4.78 is 10.8.